The van der Waals surface area contributed by atoms with Crippen molar-refractivity contribution in [1.82, 2.24) is 0 Å². The van der Waals surface area contributed by atoms with E-state index in [2.05, 4.69) is 0 Å². The Labute approximate surface area is 80.7 Å². The molecule has 0 heterocycles. The van der Waals surface area contributed by atoms with E-state index in [0.717, 1.165) is 0 Å². The molecule has 1 aromatic carbocycles. The largest absolute Gasteiger partial charge is 0.495 e. The van der Waals surface area contributed by atoms with Gasteiger partial charge in [0.1, 0.15) is 17.4 Å². The van der Waals surface area contributed by atoms with Gasteiger partial charge in [0, 0.05) is 11.1 Å². The van der Waals surface area contributed by atoms with Gasteiger partial charge in [-0.2, -0.15) is 5.26 Å². The van der Waals surface area contributed by atoms with Crippen molar-refractivity contribution in [3.05, 3.63) is 28.8 Å². The molecule has 0 radical (unpaired) electrons. The number of carbonyl (C=O) groups is 2. The Morgan fingerprint density at radius 2 is 2.07 bits per heavy atom. The van der Waals surface area contributed by atoms with Crippen LogP contribution < -0.4 is 4.74 Å². The van der Waals surface area contributed by atoms with Crippen LogP contribution in [0.3, 0.4) is 0 Å². The molecule has 0 aliphatic carbocycles. The first-order valence-electron chi connectivity index (χ1n) is 3.80. The molecule has 0 bridgehead atoms. The van der Waals surface area contributed by atoms with Crippen LogP contribution in [0, 0.1) is 11.3 Å². The number of ether oxygens (including phenoxy) is 1. The van der Waals surface area contributed by atoms with E-state index in [1.165, 1.54) is 19.2 Å². The highest BCUT2D eigenvalue weighted by Crippen LogP contribution is 2.22. The predicted octanol–water partition coefficient (Wildman–Crippen LogP) is 1.19. The van der Waals surface area contributed by atoms with Gasteiger partial charge in [0.2, 0.25) is 0 Å². The summed E-state index contributed by atoms with van der Waals surface area (Å²) >= 11 is 0. The number of methoxy groups -OCH3 is 1. The Morgan fingerprint density at radius 1 is 1.36 bits per heavy atom. The summed E-state index contributed by atoms with van der Waals surface area (Å²) in [7, 11) is 1.39. The summed E-state index contributed by atoms with van der Waals surface area (Å²) in [4.78, 5) is 21.2. The Morgan fingerprint density at radius 3 is 2.50 bits per heavy atom. The Bertz CT molecular complexity index is 418. The summed E-state index contributed by atoms with van der Waals surface area (Å²) in [5.41, 5.74) is 0.353. The third-order valence-corrected chi connectivity index (χ3v) is 1.82. The van der Waals surface area contributed by atoms with Gasteiger partial charge in [0.15, 0.2) is 12.6 Å². The fourth-order valence-corrected chi connectivity index (χ4v) is 1.13. The second-order valence-corrected chi connectivity index (χ2v) is 2.49. The topological polar surface area (TPSA) is 67.2 Å². The lowest BCUT2D eigenvalue weighted by atomic mass is 10.0. The molecule has 0 saturated carbocycles. The molecule has 4 heteroatoms. The van der Waals surface area contributed by atoms with E-state index in [1.807, 2.05) is 6.07 Å². The van der Waals surface area contributed by atoms with Crippen LogP contribution >= 0.6 is 0 Å². The summed E-state index contributed by atoms with van der Waals surface area (Å²) in [6.45, 7) is 0. The van der Waals surface area contributed by atoms with Gasteiger partial charge in [-0.1, -0.05) is 0 Å². The standard InChI is InChI=1S/C10H7NO3/c1-14-10-3-2-7(5-12)9(6-13)8(10)4-11/h2-3,5-6H,1H3. The molecule has 0 N–H and O–H groups in total. The first-order chi connectivity index (χ1) is 6.78. The third kappa shape index (κ3) is 1.48. The molecule has 4 nitrogen and oxygen atoms in total. The number of nitrogens with zero attached hydrogens (tertiary/aromatic N) is 1. The van der Waals surface area contributed by atoms with Crippen molar-refractivity contribution in [2.45, 2.75) is 0 Å². The molecule has 0 atom stereocenters. The average Bonchev–Trinajstić information content (AvgIpc) is 2.26. The van der Waals surface area contributed by atoms with Gasteiger partial charge in [0.05, 0.1) is 7.11 Å². The van der Waals surface area contributed by atoms with E-state index in [-0.39, 0.29) is 16.7 Å². The van der Waals surface area contributed by atoms with Gasteiger partial charge in [-0.25, -0.2) is 0 Å². The van der Waals surface area contributed by atoms with Crippen LogP contribution in [0.1, 0.15) is 26.3 Å². The zero-order valence-electron chi connectivity index (χ0n) is 7.48. The maximum atomic E-state index is 10.7. The molecule has 0 aliphatic rings. The number of benzene rings is 1. The van der Waals surface area contributed by atoms with Crippen molar-refractivity contribution >= 4 is 12.6 Å². The molecule has 0 aromatic heterocycles. The number of carbonyl (C=O) groups excluding carboxylic acids is 2. The quantitative estimate of drug-likeness (QED) is 0.670. The normalized spacial score (nSPS) is 8.86. The van der Waals surface area contributed by atoms with Crippen molar-refractivity contribution in [3.8, 4) is 11.8 Å². The van der Waals surface area contributed by atoms with Crippen LogP contribution in [0.15, 0.2) is 12.1 Å². The van der Waals surface area contributed by atoms with Gasteiger partial charge >= 0.3 is 0 Å². The highest BCUT2D eigenvalue weighted by Gasteiger charge is 2.12. The highest BCUT2D eigenvalue weighted by atomic mass is 16.5. The summed E-state index contributed by atoms with van der Waals surface area (Å²) in [5, 5.41) is 8.78. The molecule has 70 valence electrons. The molecule has 0 spiro atoms. The van der Waals surface area contributed by atoms with Crippen molar-refractivity contribution in [2.24, 2.45) is 0 Å². The minimum atomic E-state index is 0.0712. The van der Waals surface area contributed by atoms with Crippen LogP contribution in [0.2, 0.25) is 0 Å². The van der Waals surface area contributed by atoms with Crippen molar-refractivity contribution in [3.63, 3.8) is 0 Å². The zero-order chi connectivity index (χ0) is 10.6. The van der Waals surface area contributed by atoms with E-state index in [4.69, 9.17) is 10.00 Å². The second kappa shape index (κ2) is 4.19. The Hall–Kier alpha value is -2.15. The van der Waals surface area contributed by atoms with Gasteiger partial charge in [0.25, 0.3) is 0 Å². The third-order valence-electron chi connectivity index (χ3n) is 1.82. The van der Waals surface area contributed by atoms with Gasteiger partial charge in [-0.3, -0.25) is 9.59 Å². The van der Waals surface area contributed by atoms with Crippen LogP contribution in [-0.4, -0.2) is 19.7 Å². The summed E-state index contributed by atoms with van der Waals surface area (Å²) in [5.74, 6) is 0.292. The molecule has 0 fully saturated rings. The number of rotatable bonds is 3. The van der Waals surface area contributed by atoms with E-state index in [9.17, 15) is 9.59 Å². The number of nitriles is 1. The maximum Gasteiger partial charge on any atom is 0.152 e. The SMILES string of the molecule is COc1ccc(C=O)c(C=O)c1C#N. The van der Waals surface area contributed by atoms with Crippen molar-refractivity contribution in [2.75, 3.05) is 7.11 Å². The lowest BCUT2D eigenvalue weighted by Gasteiger charge is -2.05. The molecule has 0 unspecified atom stereocenters. The molecule has 0 aliphatic heterocycles. The van der Waals surface area contributed by atoms with Crippen molar-refractivity contribution < 1.29 is 14.3 Å². The monoisotopic (exact) mass is 189 g/mol. The summed E-state index contributed by atoms with van der Waals surface area (Å²) < 4.78 is 4.88. The summed E-state index contributed by atoms with van der Waals surface area (Å²) in [6, 6.07) is 4.75. The fourth-order valence-electron chi connectivity index (χ4n) is 1.13. The average molecular weight is 189 g/mol. The van der Waals surface area contributed by atoms with E-state index in [1.54, 1.807) is 0 Å². The predicted molar refractivity (Wildman–Crippen MR) is 48.5 cm³/mol. The molecule has 0 amide bonds. The molecule has 1 rings (SSSR count). The molecule has 14 heavy (non-hydrogen) atoms. The van der Waals surface area contributed by atoms with Gasteiger partial charge in [-0.05, 0) is 12.1 Å². The van der Waals surface area contributed by atoms with Crippen LogP contribution in [0.25, 0.3) is 0 Å². The lowest BCUT2D eigenvalue weighted by molar-refractivity contribution is 0.109. The number of hydrogen-bond donors (Lipinski definition) is 0. The summed E-state index contributed by atoms with van der Waals surface area (Å²) in [6.07, 6.45) is 1.01. The number of hydrogen-bond acceptors (Lipinski definition) is 4. The lowest BCUT2D eigenvalue weighted by Crippen LogP contribution is -1.98. The molecular weight excluding hydrogens is 182 g/mol. The van der Waals surface area contributed by atoms with E-state index in [0.29, 0.717) is 18.3 Å². The number of aldehydes is 2. The Kier molecular flexibility index (Phi) is 2.97. The van der Waals surface area contributed by atoms with E-state index < -0.39 is 0 Å². The van der Waals surface area contributed by atoms with Gasteiger partial charge in [-0.15, -0.1) is 0 Å². The smallest absolute Gasteiger partial charge is 0.152 e. The van der Waals surface area contributed by atoms with Crippen LogP contribution in [-0.2, 0) is 0 Å². The van der Waals surface area contributed by atoms with Gasteiger partial charge < -0.3 is 4.74 Å². The minimum absolute atomic E-state index is 0.0712. The second-order valence-electron chi connectivity index (χ2n) is 2.49. The molecule has 0 saturated heterocycles. The molecular formula is C10H7NO3. The highest BCUT2D eigenvalue weighted by molar-refractivity contribution is 5.93. The van der Waals surface area contributed by atoms with E-state index >= 15 is 0 Å². The van der Waals surface area contributed by atoms with Crippen molar-refractivity contribution in [1.29, 1.82) is 5.26 Å². The maximum absolute atomic E-state index is 10.7. The Balaban J connectivity index is 3.53. The molecule has 1 aromatic rings. The van der Waals surface area contributed by atoms with Crippen LogP contribution in [0.5, 0.6) is 5.75 Å². The minimum Gasteiger partial charge on any atom is -0.495 e. The first kappa shape index (κ1) is 9.93. The van der Waals surface area contributed by atoms with Crippen LogP contribution in [0.4, 0.5) is 0 Å². The zero-order valence-corrected chi connectivity index (χ0v) is 7.48. The first-order valence-corrected chi connectivity index (χ1v) is 3.80. The fraction of sp³-hybridized carbons (Fsp3) is 0.100.